The van der Waals surface area contributed by atoms with Gasteiger partial charge in [0.05, 0.1) is 11.7 Å². The van der Waals surface area contributed by atoms with Crippen molar-refractivity contribution in [3.63, 3.8) is 0 Å². The number of carbonyl (C=O) groups is 1. The molecule has 1 unspecified atom stereocenters. The SMILES string of the molecule is Cc1cc(NC(=O)c2c(C)cc(C3CCCNC3)oc2=O)n(C2CCCC2)n1.Cl.Cl. The fourth-order valence-corrected chi connectivity index (χ4v) is 4.42. The van der Waals surface area contributed by atoms with Gasteiger partial charge in [0.15, 0.2) is 0 Å². The number of piperidine rings is 1. The van der Waals surface area contributed by atoms with E-state index in [-0.39, 0.29) is 36.3 Å². The number of carbonyl (C=O) groups excluding carboxylic acids is 1. The molecule has 0 bridgehead atoms. The molecule has 0 aromatic carbocycles. The molecule has 166 valence electrons. The van der Waals surface area contributed by atoms with Gasteiger partial charge in [-0.1, -0.05) is 12.8 Å². The van der Waals surface area contributed by atoms with Gasteiger partial charge in [0.25, 0.3) is 5.91 Å². The molecular formula is C21H30Cl2N4O3. The normalized spacial score (nSPS) is 19.1. The lowest BCUT2D eigenvalue weighted by atomic mass is 9.95. The Morgan fingerprint density at radius 1 is 1.17 bits per heavy atom. The van der Waals surface area contributed by atoms with Crippen LogP contribution in [0.3, 0.4) is 0 Å². The minimum Gasteiger partial charge on any atom is -0.427 e. The quantitative estimate of drug-likeness (QED) is 0.721. The molecule has 1 aliphatic heterocycles. The molecule has 2 aromatic heterocycles. The van der Waals surface area contributed by atoms with Crippen molar-refractivity contribution in [2.24, 2.45) is 0 Å². The molecule has 9 heteroatoms. The zero-order valence-corrected chi connectivity index (χ0v) is 19.0. The standard InChI is InChI=1S/C21H28N4O3.2ClH/c1-13-10-17(15-6-5-9-22-12-15)28-21(27)19(13)20(26)23-18-11-14(2)24-25(18)16-7-3-4-8-16;;/h10-11,15-16,22H,3-9,12H2,1-2H3,(H,23,26);2*1H. The highest BCUT2D eigenvalue weighted by Gasteiger charge is 2.25. The molecule has 2 aliphatic rings. The van der Waals surface area contributed by atoms with Crippen LogP contribution in [0.1, 0.15) is 77.9 Å². The Bertz CT molecular complexity index is 929. The van der Waals surface area contributed by atoms with Crippen LogP contribution in [0.25, 0.3) is 0 Å². The van der Waals surface area contributed by atoms with Gasteiger partial charge in [0, 0.05) is 18.5 Å². The van der Waals surface area contributed by atoms with Crippen LogP contribution in [0.2, 0.25) is 0 Å². The number of amides is 1. The van der Waals surface area contributed by atoms with E-state index in [9.17, 15) is 9.59 Å². The summed E-state index contributed by atoms with van der Waals surface area (Å²) < 4.78 is 7.45. The fourth-order valence-electron chi connectivity index (χ4n) is 4.42. The van der Waals surface area contributed by atoms with Crippen LogP contribution in [-0.2, 0) is 0 Å². The predicted molar refractivity (Wildman–Crippen MR) is 121 cm³/mol. The third kappa shape index (κ3) is 5.07. The molecule has 2 aromatic rings. The Labute approximate surface area is 188 Å². The van der Waals surface area contributed by atoms with E-state index in [0.29, 0.717) is 23.2 Å². The minimum absolute atomic E-state index is 0. The van der Waals surface area contributed by atoms with Crippen LogP contribution >= 0.6 is 24.8 Å². The van der Waals surface area contributed by atoms with Gasteiger partial charge >= 0.3 is 5.63 Å². The molecule has 1 aliphatic carbocycles. The van der Waals surface area contributed by atoms with E-state index in [1.807, 2.05) is 23.7 Å². The Balaban J connectivity index is 0.00000160. The maximum absolute atomic E-state index is 12.9. The van der Waals surface area contributed by atoms with Crippen LogP contribution in [-0.4, -0.2) is 28.8 Å². The third-order valence-electron chi connectivity index (χ3n) is 5.86. The molecule has 2 N–H and O–H groups in total. The molecule has 1 saturated carbocycles. The summed E-state index contributed by atoms with van der Waals surface area (Å²) in [5, 5.41) is 10.8. The van der Waals surface area contributed by atoms with Crippen molar-refractivity contribution in [2.75, 3.05) is 18.4 Å². The number of anilines is 1. The van der Waals surface area contributed by atoms with E-state index in [2.05, 4.69) is 15.7 Å². The second-order valence-electron chi connectivity index (χ2n) is 8.05. The second kappa shape index (κ2) is 10.5. The number of nitrogens with one attached hydrogen (secondary N) is 2. The average Bonchev–Trinajstić information content (AvgIpc) is 3.31. The van der Waals surface area contributed by atoms with Crippen LogP contribution in [0.15, 0.2) is 21.3 Å². The minimum atomic E-state index is -0.568. The van der Waals surface area contributed by atoms with Crippen molar-refractivity contribution in [3.05, 3.63) is 45.1 Å². The van der Waals surface area contributed by atoms with Crippen molar-refractivity contribution in [1.29, 1.82) is 0 Å². The van der Waals surface area contributed by atoms with E-state index in [1.165, 1.54) is 12.8 Å². The van der Waals surface area contributed by atoms with Crippen LogP contribution < -0.4 is 16.3 Å². The maximum atomic E-state index is 12.9. The molecule has 1 atom stereocenters. The highest BCUT2D eigenvalue weighted by atomic mass is 35.5. The van der Waals surface area contributed by atoms with Crippen LogP contribution in [0, 0.1) is 13.8 Å². The average molecular weight is 457 g/mol. The summed E-state index contributed by atoms with van der Waals surface area (Å²) in [4.78, 5) is 25.5. The number of hydrogen-bond acceptors (Lipinski definition) is 5. The van der Waals surface area contributed by atoms with Crippen LogP contribution in [0.5, 0.6) is 0 Å². The highest BCUT2D eigenvalue weighted by molar-refractivity contribution is 6.04. The number of hydrogen-bond donors (Lipinski definition) is 2. The lowest BCUT2D eigenvalue weighted by molar-refractivity contribution is 0.102. The van der Waals surface area contributed by atoms with Crippen LogP contribution in [0.4, 0.5) is 5.82 Å². The van der Waals surface area contributed by atoms with Gasteiger partial charge in [-0.05, 0) is 57.7 Å². The van der Waals surface area contributed by atoms with E-state index in [4.69, 9.17) is 4.42 Å². The molecule has 1 amide bonds. The van der Waals surface area contributed by atoms with Crippen molar-refractivity contribution in [2.45, 2.75) is 64.3 Å². The fraction of sp³-hybridized carbons (Fsp3) is 0.571. The first-order valence-corrected chi connectivity index (χ1v) is 10.3. The van der Waals surface area contributed by atoms with Gasteiger partial charge in [-0.15, -0.1) is 24.8 Å². The Hall–Kier alpha value is -1.83. The number of halogens is 2. The second-order valence-corrected chi connectivity index (χ2v) is 8.05. The third-order valence-corrected chi connectivity index (χ3v) is 5.86. The lowest BCUT2D eigenvalue weighted by Gasteiger charge is -2.22. The van der Waals surface area contributed by atoms with Gasteiger partial charge in [-0.3, -0.25) is 4.79 Å². The largest absolute Gasteiger partial charge is 0.427 e. The Morgan fingerprint density at radius 2 is 1.90 bits per heavy atom. The summed E-state index contributed by atoms with van der Waals surface area (Å²) in [6.07, 6.45) is 6.53. The van der Waals surface area contributed by atoms with Crippen molar-refractivity contribution in [1.82, 2.24) is 15.1 Å². The van der Waals surface area contributed by atoms with Gasteiger partial charge in [0.1, 0.15) is 17.1 Å². The topological polar surface area (TPSA) is 89.2 Å². The van der Waals surface area contributed by atoms with Crippen molar-refractivity contribution >= 4 is 36.5 Å². The molecule has 0 spiro atoms. The Morgan fingerprint density at radius 3 is 2.53 bits per heavy atom. The Kier molecular flexibility index (Phi) is 8.52. The number of aryl methyl sites for hydroxylation is 2. The van der Waals surface area contributed by atoms with Gasteiger partial charge < -0.3 is 15.1 Å². The van der Waals surface area contributed by atoms with E-state index < -0.39 is 11.5 Å². The molecule has 1 saturated heterocycles. The molecule has 3 heterocycles. The maximum Gasteiger partial charge on any atom is 0.349 e. The molecule has 7 nitrogen and oxygen atoms in total. The number of rotatable bonds is 4. The summed E-state index contributed by atoms with van der Waals surface area (Å²) in [5.41, 5.74) is 1.01. The van der Waals surface area contributed by atoms with Crippen molar-refractivity contribution < 1.29 is 9.21 Å². The van der Waals surface area contributed by atoms with E-state index >= 15 is 0 Å². The first kappa shape index (κ1) is 24.4. The zero-order chi connectivity index (χ0) is 19.7. The summed E-state index contributed by atoms with van der Waals surface area (Å²) >= 11 is 0. The smallest absolute Gasteiger partial charge is 0.349 e. The summed E-state index contributed by atoms with van der Waals surface area (Å²) in [7, 11) is 0. The number of aromatic nitrogens is 2. The van der Waals surface area contributed by atoms with E-state index in [0.717, 1.165) is 44.5 Å². The molecule has 0 radical (unpaired) electrons. The van der Waals surface area contributed by atoms with Crippen molar-refractivity contribution in [3.8, 4) is 0 Å². The lowest BCUT2D eigenvalue weighted by Crippen LogP contribution is -2.30. The summed E-state index contributed by atoms with van der Waals surface area (Å²) in [6, 6.07) is 4.01. The summed E-state index contributed by atoms with van der Waals surface area (Å²) in [6.45, 7) is 5.50. The van der Waals surface area contributed by atoms with Gasteiger partial charge in [-0.2, -0.15) is 5.10 Å². The van der Waals surface area contributed by atoms with Gasteiger partial charge in [0.2, 0.25) is 0 Å². The molecule has 30 heavy (non-hydrogen) atoms. The monoisotopic (exact) mass is 456 g/mol. The zero-order valence-electron chi connectivity index (χ0n) is 17.4. The summed E-state index contributed by atoms with van der Waals surface area (Å²) in [5.74, 6) is 1.06. The molecule has 2 fully saturated rings. The first-order chi connectivity index (χ1) is 13.5. The molecule has 4 rings (SSSR count). The highest BCUT2D eigenvalue weighted by Crippen LogP contribution is 2.32. The van der Waals surface area contributed by atoms with E-state index in [1.54, 1.807) is 6.92 Å². The first-order valence-electron chi connectivity index (χ1n) is 10.3. The molecular weight excluding hydrogens is 427 g/mol. The number of nitrogens with zero attached hydrogens (tertiary/aromatic N) is 2. The van der Waals surface area contributed by atoms with Gasteiger partial charge in [-0.25, -0.2) is 9.48 Å². The predicted octanol–water partition coefficient (Wildman–Crippen LogP) is 4.13.